The molecule has 0 N–H and O–H groups in total. The van der Waals surface area contributed by atoms with E-state index in [-0.39, 0.29) is 46.3 Å². The molecule has 0 saturated heterocycles. The van der Waals surface area contributed by atoms with Crippen molar-refractivity contribution in [1.29, 1.82) is 0 Å². The Morgan fingerprint density at radius 1 is 0.447 bits per heavy atom. The van der Waals surface area contributed by atoms with Gasteiger partial charge in [0.05, 0.1) is 0 Å². The summed E-state index contributed by atoms with van der Waals surface area (Å²) >= 11 is 4.54. The molecule has 0 aromatic carbocycles. The van der Waals surface area contributed by atoms with Crippen LogP contribution in [0.1, 0.15) is 81.1 Å². The average Bonchev–Trinajstić information content (AvgIpc) is 3.53. The second-order valence-corrected chi connectivity index (χ2v) is 22.9. The van der Waals surface area contributed by atoms with Crippen LogP contribution in [0.15, 0.2) is 68.9 Å². The van der Waals surface area contributed by atoms with Crippen molar-refractivity contribution in [2.24, 2.45) is 0 Å². The van der Waals surface area contributed by atoms with Crippen LogP contribution in [-0.2, 0) is 38.3 Å². The van der Waals surface area contributed by atoms with E-state index in [1.165, 1.54) is 44.6 Å². The first-order valence-electron chi connectivity index (χ1n) is 12.7. The fourth-order valence-corrected chi connectivity index (χ4v) is 2.60. The summed E-state index contributed by atoms with van der Waals surface area (Å²) in [5, 5.41) is 0. The minimum atomic E-state index is 0. The van der Waals surface area contributed by atoms with E-state index in [0.717, 1.165) is 25.7 Å². The Kier molecular flexibility index (Phi) is 33.6. The maximum absolute atomic E-state index is 3.19. The molecule has 0 saturated carbocycles. The standard InChI is InChI=1S/4C7H9.2C2H6Si.2BrH.2Ti/c4*1-6-4-3-5-7(6)2;2*1-3-2;;;;/h4*4H,3H2,1-2H3;2*1-2H3;2*1H;;/q4*-1;;;;;2*+2/p-2. The summed E-state index contributed by atoms with van der Waals surface area (Å²) in [6.07, 6.45) is 25.9. The van der Waals surface area contributed by atoms with E-state index < -0.39 is 0 Å². The van der Waals surface area contributed by atoms with Gasteiger partial charge < -0.3 is 34.0 Å². The van der Waals surface area contributed by atoms with Gasteiger partial charge in [-0.05, 0) is 0 Å². The van der Waals surface area contributed by atoms with Crippen molar-refractivity contribution in [3.05, 3.63) is 93.2 Å². The van der Waals surface area contributed by atoms with Gasteiger partial charge in [0.25, 0.3) is 0 Å². The number of rotatable bonds is 0. The van der Waals surface area contributed by atoms with Crippen molar-refractivity contribution in [1.82, 2.24) is 0 Å². The van der Waals surface area contributed by atoms with Gasteiger partial charge in [0.2, 0.25) is 0 Å². The van der Waals surface area contributed by atoms with Crippen LogP contribution in [0.25, 0.3) is 0 Å². The average molecular weight is 744 g/mol. The van der Waals surface area contributed by atoms with Crippen molar-refractivity contribution < 1.29 is 72.3 Å². The van der Waals surface area contributed by atoms with Crippen LogP contribution in [0.5, 0.6) is 0 Å². The normalized spacial score (nSPS) is 15.6. The van der Waals surface area contributed by atoms with Crippen LogP contribution in [0.2, 0.25) is 26.2 Å². The van der Waals surface area contributed by atoms with Crippen LogP contribution in [0, 0.1) is 24.3 Å². The second kappa shape index (κ2) is 27.9. The Morgan fingerprint density at radius 3 is 0.605 bits per heavy atom. The molecule has 0 bridgehead atoms. The van der Waals surface area contributed by atoms with Crippen LogP contribution >= 0.6 is 0 Å². The van der Waals surface area contributed by atoms with E-state index in [9.17, 15) is 0 Å². The topological polar surface area (TPSA) is 0 Å². The molecule has 0 fully saturated rings. The summed E-state index contributed by atoms with van der Waals surface area (Å²) < 4.78 is 0. The number of hydrogen-bond donors (Lipinski definition) is 0. The van der Waals surface area contributed by atoms with Crippen molar-refractivity contribution in [3.63, 3.8) is 0 Å². The van der Waals surface area contributed by atoms with Gasteiger partial charge in [-0.25, -0.2) is 44.6 Å². The van der Waals surface area contributed by atoms with Crippen molar-refractivity contribution in [2.75, 3.05) is 0 Å². The van der Waals surface area contributed by atoms with Crippen molar-refractivity contribution in [3.8, 4) is 0 Å². The Bertz CT molecular complexity index is 769. The minimum Gasteiger partial charge on any atom is -1.00 e. The molecule has 0 amide bonds. The molecule has 0 atom stereocenters. The van der Waals surface area contributed by atoms with Gasteiger partial charge >= 0.3 is 76.9 Å². The molecule has 0 aromatic rings. The van der Waals surface area contributed by atoms with Crippen LogP contribution < -0.4 is 34.0 Å². The molecule has 0 aliphatic heterocycles. The van der Waals surface area contributed by atoms with Gasteiger partial charge in [-0.2, -0.15) is 24.3 Å². The Balaban J connectivity index is -0.000000184. The number of allylic oxidation sites excluding steroid dienone is 16. The van der Waals surface area contributed by atoms with Crippen LogP contribution in [0.4, 0.5) is 0 Å². The van der Waals surface area contributed by atoms with E-state index in [1.54, 1.807) is 0 Å². The van der Waals surface area contributed by atoms with Gasteiger partial charge in [0.1, 0.15) is 0 Å². The summed E-state index contributed by atoms with van der Waals surface area (Å²) in [6.45, 7) is 25.9. The molecule has 6 heteroatoms. The molecule has 4 aliphatic carbocycles. The third kappa shape index (κ3) is 28.3. The number of halogens is 2. The van der Waals surface area contributed by atoms with E-state index in [0.29, 0.717) is 0 Å². The molecule has 4 aliphatic rings. The molecular weight excluding hydrogens is 696 g/mol. The maximum Gasteiger partial charge on any atom is -1.00 e. The molecule has 0 nitrogen and oxygen atoms in total. The van der Waals surface area contributed by atoms with E-state index in [1.807, 2.05) is 0 Å². The first-order valence-corrected chi connectivity index (χ1v) is 22.4. The summed E-state index contributed by atoms with van der Waals surface area (Å²) in [7, 11) is 0. The first kappa shape index (κ1) is 45.7. The fourth-order valence-electron chi connectivity index (χ4n) is 2.60. The zero-order chi connectivity index (χ0) is 28.3. The zero-order valence-corrected chi connectivity index (χ0v) is 34.2. The summed E-state index contributed by atoms with van der Waals surface area (Å²) in [6, 6.07) is 0. The smallest absolute Gasteiger partial charge is 1.00 e. The monoisotopic (exact) mass is 742 g/mol. The molecular formula is C32H48Br2Si2Ti2-2. The summed E-state index contributed by atoms with van der Waals surface area (Å²) in [5.41, 5.74) is 10.8. The molecule has 4 rings (SSSR count). The van der Waals surface area contributed by atoms with Crippen LogP contribution in [0.3, 0.4) is 0 Å². The Morgan fingerprint density at radius 2 is 0.579 bits per heavy atom. The first-order chi connectivity index (χ1) is 16.7. The van der Waals surface area contributed by atoms with Crippen molar-refractivity contribution in [2.45, 2.75) is 107 Å². The largest absolute Gasteiger partial charge is 1.00 e. The Labute approximate surface area is 282 Å². The summed E-state index contributed by atoms with van der Waals surface area (Å²) in [5.74, 6) is 0. The third-order valence-corrected chi connectivity index (χ3v) is 5.47. The number of hydrogen-bond acceptors (Lipinski definition) is 0. The van der Waals surface area contributed by atoms with Crippen LogP contribution in [-0.4, -0.2) is 12.4 Å². The SMILES string of the molecule is CC1=[C-]CC=C1C.CC1=[C-]CC=C1C.CC1=[C-]CC=C1C.CC1=[C-]CC=C1C.C[Si](C)=[Ti+2].C[Si](C)=[Ti+2].[Br-].[Br-]. The predicted molar refractivity (Wildman–Crippen MR) is 158 cm³/mol. The van der Waals surface area contributed by atoms with Gasteiger partial charge in [0.15, 0.2) is 0 Å². The van der Waals surface area contributed by atoms with Gasteiger partial charge in [-0.15, -0.1) is 53.4 Å². The molecule has 0 heterocycles. The second-order valence-electron chi connectivity index (χ2n) is 9.57. The quantitative estimate of drug-likeness (QED) is 0.261. The van der Waals surface area contributed by atoms with E-state index in [2.05, 4.69) is 169 Å². The van der Waals surface area contributed by atoms with Crippen molar-refractivity contribution >= 4 is 12.4 Å². The molecule has 208 valence electrons. The fraction of sp³-hybridized carbons (Fsp3) is 0.500. The van der Waals surface area contributed by atoms with E-state index in [4.69, 9.17) is 0 Å². The van der Waals surface area contributed by atoms with Gasteiger partial charge in [-0.1, -0.05) is 27.7 Å². The molecule has 38 heavy (non-hydrogen) atoms. The zero-order valence-electron chi connectivity index (χ0n) is 25.9. The predicted octanol–water partition coefficient (Wildman–Crippen LogP) is 3.92. The summed E-state index contributed by atoms with van der Waals surface area (Å²) in [4.78, 5) is 0. The molecule has 0 spiro atoms. The minimum absolute atomic E-state index is 0. The molecule has 0 radical (unpaired) electrons. The van der Waals surface area contributed by atoms with E-state index >= 15 is 0 Å². The third-order valence-electron chi connectivity index (χ3n) is 5.47. The molecule has 0 aromatic heterocycles. The maximum atomic E-state index is 3.19. The van der Waals surface area contributed by atoms with Gasteiger partial charge in [0, 0.05) is 0 Å². The van der Waals surface area contributed by atoms with Gasteiger partial charge in [-0.3, -0.25) is 24.3 Å². The Hall–Kier alpha value is 0.742. The molecule has 0 unspecified atom stereocenters.